The van der Waals surface area contributed by atoms with Gasteiger partial charge >= 0.3 is 0 Å². The molecule has 96 valence electrons. The van der Waals surface area contributed by atoms with E-state index >= 15 is 0 Å². The number of ether oxygens (including phenoxy) is 1. The first-order valence-corrected chi connectivity index (χ1v) is 6.52. The Hall–Kier alpha value is -1.48. The lowest BCUT2D eigenvalue weighted by Crippen LogP contribution is -2.29. The van der Waals surface area contributed by atoms with Gasteiger partial charge in [0, 0.05) is 11.3 Å². The number of fused-ring (bicyclic) bond motifs is 1. The lowest BCUT2D eigenvalue weighted by molar-refractivity contribution is 0.242. The van der Waals surface area contributed by atoms with E-state index in [1.165, 1.54) is 12.8 Å². The van der Waals surface area contributed by atoms with E-state index in [9.17, 15) is 0 Å². The van der Waals surface area contributed by atoms with Gasteiger partial charge < -0.3 is 14.1 Å². The molecule has 1 aromatic carbocycles. The third-order valence-corrected chi connectivity index (χ3v) is 3.86. The number of benzene rings is 1. The fourth-order valence-corrected chi connectivity index (χ4v) is 2.66. The summed E-state index contributed by atoms with van der Waals surface area (Å²) in [5, 5.41) is 1.14. The topological polar surface area (TPSA) is 25.6 Å². The highest BCUT2D eigenvalue weighted by atomic mass is 16.5. The SMILES string of the molecule is COc1ccc2oc(C3CCN(C)CC3)cc2c1. The zero-order valence-electron chi connectivity index (χ0n) is 11.0. The molecule has 18 heavy (non-hydrogen) atoms. The summed E-state index contributed by atoms with van der Waals surface area (Å²) in [6.45, 7) is 2.32. The average Bonchev–Trinajstić information content (AvgIpc) is 2.82. The van der Waals surface area contributed by atoms with Crippen LogP contribution in [0.2, 0.25) is 0 Å². The van der Waals surface area contributed by atoms with Gasteiger partial charge in [-0.25, -0.2) is 0 Å². The predicted molar refractivity (Wildman–Crippen MR) is 72.2 cm³/mol. The van der Waals surface area contributed by atoms with Gasteiger partial charge in [-0.15, -0.1) is 0 Å². The molecule has 0 radical (unpaired) electrons. The molecule has 2 heterocycles. The number of likely N-dealkylation sites (tertiary alicyclic amines) is 1. The zero-order valence-corrected chi connectivity index (χ0v) is 11.0. The monoisotopic (exact) mass is 245 g/mol. The molecule has 0 bridgehead atoms. The Bertz CT molecular complexity index is 538. The van der Waals surface area contributed by atoms with Crippen LogP contribution in [-0.2, 0) is 0 Å². The first kappa shape index (κ1) is 11.6. The summed E-state index contributed by atoms with van der Waals surface area (Å²) in [5.41, 5.74) is 0.963. The molecule has 1 aromatic heterocycles. The molecule has 0 spiro atoms. The van der Waals surface area contributed by atoms with Gasteiger partial charge in [-0.05, 0) is 57.2 Å². The first-order valence-electron chi connectivity index (χ1n) is 6.52. The molecule has 3 rings (SSSR count). The number of hydrogen-bond acceptors (Lipinski definition) is 3. The van der Waals surface area contributed by atoms with Crippen molar-refractivity contribution >= 4 is 11.0 Å². The van der Waals surface area contributed by atoms with Gasteiger partial charge in [0.2, 0.25) is 0 Å². The van der Waals surface area contributed by atoms with E-state index in [4.69, 9.17) is 9.15 Å². The van der Waals surface area contributed by atoms with Crippen LogP contribution in [0.15, 0.2) is 28.7 Å². The molecule has 3 nitrogen and oxygen atoms in total. The van der Waals surface area contributed by atoms with Crippen LogP contribution >= 0.6 is 0 Å². The standard InChI is InChI=1S/C15H19NO2/c1-16-7-5-11(6-8-16)15-10-12-9-13(17-2)3-4-14(12)18-15/h3-4,9-11H,5-8H2,1-2H3. The fourth-order valence-electron chi connectivity index (χ4n) is 2.66. The number of nitrogens with zero attached hydrogens (tertiary/aromatic N) is 1. The Morgan fingerprint density at radius 3 is 2.72 bits per heavy atom. The van der Waals surface area contributed by atoms with Crippen molar-refractivity contribution in [2.75, 3.05) is 27.2 Å². The van der Waals surface area contributed by atoms with Crippen LogP contribution in [0.5, 0.6) is 5.75 Å². The summed E-state index contributed by atoms with van der Waals surface area (Å²) >= 11 is 0. The maximum absolute atomic E-state index is 5.97. The van der Waals surface area contributed by atoms with Gasteiger partial charge in [0.05, 0.1) is 7.11 Å². The molecule has 0 unspecified atom stereocenters. The van der Waals surface area contributed by atoms with Crippen molar-refractivity contribution in [3.8, 4) is 5.75 Å². The summed E-state index contributed by atoms with van der Waals surface area (Å²) in [6.07, 6.45) is 2.38. The van der Waals surface area contributed by atoms with Crippen LogP contribution in [0.3, 0.4) is 0 Å². The molecule has 0 amide bonds. The average molecular weight is 245 g/mol. The number of piperidine rings is 1. The summed E-state index contributed by atoms with van der Waals surface area (Å²) in [5.74, 6) is 2.59. The fraction of sp³-hybridized carbons (Fsp3) is 0.467. The molecular formula is C15H19NO2. The van der Waals surface area contributed by atoms with Crippen LogP contribution in [0.4, 0.5) is 0 Å². The predicted octanol–water partition coefficient (Wildman–Crippen LogP) is 3.25. The van der Waals surface area contributed by atoms with Crippen LogP contribution in [0, 0.1) is 0 Å². The molecule has 0 atom stereocenters. The molecule has 2 aromatic rings. The van der Waals surface area contributed by atoms with E-state index in [2.05, 4.69) is 18.0 Å². The normalized spacial score (nSPS) is 18.3. The Morgan fingerprint density at radius 1 is 1.22 bits per heavy atom. The minimum absolute atomic E-state index is 0.569. The third kappa shape index (κ3) is 2.10. The van der Waals surface area contributed by atoms with E-state index < -0.39 is 0 Å². The van der Waals surface area contributed by atoms with E-state index in [0.717, 1.165) is 35.6 Å². The van der Waals surface area contributed by atoms with Gasteiger partial charge in [0.25, 0.3) is 0 Å². The van der Waals surface area contributed by atoms with E-state index in [-0.39, 0.29) is 0 Å². The number of rotatable bonds is 2. The number of furan rings is 1. The van der Waals surface area contributed by atoms with E-state index in [1.807, 2.05) is 18.2 Å². The second-order valence-electron chi connectivity index (χ2n) is 5.13. The first-order chi connectivity index (χ1) is 8.76. The van der Waals surface area contributed by atoms with Crippen molar-refractivity contribution in [2.45, 2.75) is 18.8 Å². The third-order valence-electron chi connectivity index (χ3n) is 3.86. The maximum atomic E-state index is 5.97. The van der Waals surface area contributed by atoms with Crippen LogP contribution in [-0.4, -0.2) is 32.1 Å². The number of methoxy groups -OCH3 is 1. The van der Waals surface area contributed by atoms with Crippen LogP contribution in [0.1, 0.15) is 24.5 Å². The Balaban J connectivity index is 1.88. The van der Waals surface area contributed by atoms with Gasteiger partial charge in [0.15, 0.2) is 0 Å². The highest BCUT2D eigenvalue weighted by Crippen LogP contribution is 2.33. The van der Waals surface area contributed by atoms with Gasteiger partial charge in [0.1, 0.15) is 17.1 Å². The molecular weight excluding hydrogens is 226 g/mol. The highest BCUT2D eigenvalue weighted by molar-refractivity contribution is 5.79. The van der Waals surface area contributed by atoms with Crippen molar-refractivity contribution in [2.24, 2.45) is 0 Å². The largest absolute Gasteiger partial charge is 0.497 e. The lowest BCUT2D eigenvalue weighted by atomic mass is 9.94. The molecule has 3 heteroatoms. The Kier molecular flexibility index (Phi) is 3.00. The minimum atomic E-state index is 0.569. The van der Waals surface area contributed by atoms with Crippen molar-refractivity contribution in [1.82, 2.24) is 4.90 Å². The quantitative estimate of drug-likeness (QED) is 0.812. The Labute approximate surface area is 107 Å². The summed E-state index contributed by atoms with van der Waals surface area (Å²) < 4.78 is 11.2. The van der Waals surface area contributed by atoms with Gasteiger partial charge in [-0.3, -0.25) is 0 Å². The lowest BCUT2D eigenvalue weighted by Gasteiger charge is -2.27. The molecule has 0 N–H and O–H groups in total. The van der Waals surface area contributed by atoms with E-state index in [1.54, 1.807) is 7.11 Å². The highest BCUT2D eigenvalue weighted by Gasteiger charge is 2.21. The molecule has 1 fully saturated rings. The number of hydrogen-bond donors (Lipinski definition) is 0. The molecule has 1 aliphatic heterocycles. The maximum Gasteiger partial charge on any atom is 0.134 e. The van der Waals surface area contributed by atoms with Crippen molar-refractivity contribution in [3.63, 3.8) is 0 Å². The summed E-state index contributed by atoms with van der Waals surface area (Å²) in [6, 6.07) is 8.15. The minimum Gasteiger partial charge on any atom is -0.497 e. The second-order valence-corrected chi connectivity index (χ2v) is 5.13. The summed E-state index contributed by atoms with van der Waals surface area (Å²) in [4.78, 5) is 2.38. The van der Waals surface area contributed by atoms with Crippen LogP contribution in [0.25, 0.3) is 11.0 Å². The van der Waals surface area contributed by atoms with Crippen molar-refractivity contribution in [3.05, 3.63) is 30.0 Å². The molecule has 0 aliphatic carbocycles. The van der Waals surface area contributed by atoms with Crippen molar-refractivity contribution < 1.29 is 9.15 Å². The van der Waals surface area contributed by atoms with E-state index in [0.29, 0.717) is 5.92 Å². The molecule has 1 saturated heterocycles. The molecule has 0 saturated carbocycles. The Morgan fingerprint density at radius 2 is 2.00 bits per heavy atom. The summed E-state index contributed by atoms with van der Waals surface area (Å²) in [7, 11) is 3.87. The smallest absolute Gasteiger partial charge is 0.134 e. The zero-order chi connectivity index (χ0) is 12.5. The second kappa shape index (κ2) is 4.65. The van der Waals surface area contributed by atoms with Crippen LogP contribution < -0.4 is 4.74 Å². The molecule has 1 aliphatic rings. The van der Waals surface area contributed by atoms with Gasteiger partial charge in [-0.1, -0.05) is 0 Å². The van der Waals surface area contributed by atoms with Gasteiger partial charge in [-0.2, -0.15) is 0 Å². The van der Waals surface area contributed by atoms with Crippen molar-refractivity contribution in [1.29, 1.82) is 0 Å².